The Balaban J connectivity index is 1.82. The number of ether oxygens (including phenoxy) is 1. The summed E-state index contributed by atoms with van der Waals surface area (Å²) in [6.45, 7) is 1.36. The number of sulfone groups is 1. The van der Waals surface area contributed by atoms with Crippen LogP contribution in [0.2, 0.25) is 0 Å². The Hall–Kier alpha value is -1.89. The molecule has 1 heterocycles. The minimum atomic E-state index is -3.04. The van der Waals surface area contributed by atoms with Gasteiger partial charge in [-0.2, -0.15) is 0 Å². The number of carbonyl (C=O) groups is 2. The van der Waals surface area contributed by atoms with Crippen molar-refractivity contribution in [1.82, 2.24) is 5.32 Å². The molecule has 0 bridgehead atoms. The molecule has 1 amide bonds. The molecule has 1 unspecified atom stereocenters. The highest BCUT2D eigenvalue weighted by Gasteiger charge is 2.29. The van der Waals surface area contributed by atoms with E-state index in [1.54, 1.807) is 31.2 Å². The van der Waals surface area contributed by atoms with E-state index in [1.165, 1.54) is 0 Å². The predicted molar refractivity (Wildman–Crippen MR) is 76.7 cm³/mol. The molecule has 21 heavy (non-hydrogen) atoms. The maximum absolute atomic E-state index is 11.8. The van der Waals surface area contributed by atoms with Crippen molar-refractivity contribution in [2.75, 3.05) is 18.1 Å². The van der Waals surface area contributed by atoms with Crippen molar-refractivity contribution in [2.24, 2.45) is 0 Å². The van der Waals surface area contributed by atoms with E-state index in [4.69, 9.17) is 4.74 Å². The normalized spacial score (nSPS) is 20.0. The minimum absolute atomic E-state index is 0.0511. The van der Waals surface area contributed by atoms with Gasteiger partial charge in [0.05, 0.1) is 17.1 Å². The number of hydrogen-bond donors (Lipinski definition) is 1. The van der Waals surface area contributed by atoms with E-state index in [1.807, 2.05) is 0 Å². The fourth-order valence-corrected chi connectivity index (χ4v) is 3.86. The number of benzene rings is 1. The van der Waals surface area contributed by atoms with Crippen LogP contribution >= 0.6 is 0 Å². The van der Waals surface area contributed by atoms with Crippen molar-refractivity contribution in [2.45, 2.75) is 19.4 Å². The molecule has 1 N–H and O–H groups in total. The van der Waals surface area contributed by atoms with E-state index in [0.717, 1.165) is 5.56 Å². The van der Waals surface area contributed by atoms with E-state index in [2.05, 4.69) is 5.32 Å². The third-order valence-electron chi connectivity index (χ3n) is 3.30. The fraction of sp³-hybridized carbons (Fsp3) is 0.429. The number of carbonyl (C=O) groups excluding carboxylic acids is 2. The molecule has 0 spiro atoms. The van der Waals surface area contributed by atoms with Crippen molar-refractivity contribution < 1.29 is 22.7 Å². The lowest BCUT2D eigenvalue weighted by molar-refractivity contribution is -0.124. The lowest BCUT2D eigenvalue weighted by atomic mass is 10.1. The van der Waals surface area contributed by atoms with Crippen LogP contribution in [0.1, 0.15) is 22.3 Å². The van der Waals surface area contributed by atoms with Crippen molar-refractivity contribution in [3.8, 4) is 0 Å². The molecule has 114 valence electrons. The molecule has 1 saturated heterocycles. The van der Waals surface area contributed by atoms with E-state index in [0.29, 0.717) is 12.0 Å². The van der Waals surface area contributed by atoms with Gasteiger partial charge in [0.2, 0.25) is 0 Å². The lowest BCUT2D eigenvalue weighted by Gasteiger charge is -2.11. The average Bonchev–Trinajstić information content (AvgIpc) is 2.75. The number of hydrogen-bond acceptors (Lipinski definition) is 5. The second-order valence-corrected chi connectivity index (χ2v) is 7.29. The van der Waals surface area contributed by atoms with Crippen molar-refractivity contribution in [1.29, 1.82) is 0 Å². The topological polar surface area (TPSA) is 89.5 Å². The summed E-state index contributed by atoms with van der Waals surface area (Å²) in [5, 5.41) is 2.56. The summed E-state index contributed by atoms with van der Waals surface area (Å²) in [5.41, 5.74) is 1.18. The highest BCUT2D eigenvalue weighted by molar-refractivity contribution is 7.91. The van der Waals surface area contributed by atoms with Gasteiger partial charge >= 0.3 is 5.97 Å². The average molecular weight is 311 g/mol. The van der Waals surface area contributed by atoms with Crippen LogP contribution in [0.15, 0.2) is 24.3 Å². The van der Waals surface area contributed by atoms with Gasteiger partial charge in [0, 0.05) is 6.04 Å². The smallest absolute Gasteiger partial charge is 0.338 e. The highest BCUT2D eigenvalue weighted by Crippen LogP contribution is 2.11. The van der Waals surface area contributed by atoms with Crippen LogP contribution in [0.5, 0.6) is 0 Å². The van der Waals surface area contributed by atoms with E-state index < -0.39 is 28.3 Å². The molecular formula is C14H17NO5S. The van der Waals surface area contributed by atoms with Crippen LogP contribution in [0.3, 0.4) is 0 Å². The Kier molecular flexibility index (Phi) is 4.62. The molecule has 6 nitrogen and oxygen atoms in total. The zero-order valence-electron chi connectivity index (χ0n) is 11.7. The Morgan fingerprint density at radius 1 is 1.33 bits per heavy atom. The van der Waals surface area contributed by atoms with Gasteiger partial charge in [-0.05, 0) is 25.0 Å². The van der Waals surface area contributed by atoms with Crippen molar-refractivity contribution in [3.63, 3.8) is 0 Å². The zero-order chi connectivity index (χ0) is 15.5. The van der Waals surface area contributed by atoms with Crippen LogP contribution in [0, 0.1) is 6.92 Å². The maximum atomic E-state index is 11.8. The molecule has 1 fully saturated rings. The van der Waals surface area contributed by atoms with E-state index in [-0.39, 0.29) is 17.5 Å². The fourth-order valence-electron chi connectivity index (χ4n) is 2.19. The van der Waals surface area contributed by atoms with Gasteiger partial charge in [0.15, 0.2) is 16.4 Å². The summed E-state index contributed by atoms with van der Waals surface area (Å²) >= 11 is 0. The Bertz CT molecular complexity index is 653. The molecule has 1 aliphatic heterocycles. The van der Waals surface area contributed by atoms with Gasteiger partial charge in [0.1, 0.15) is 0 Å². The Morgan fingerprint density at radius 2 is 2.05 bits per heavy atom. The first kappa shape index (κ1) is 15.5. The molecule has 7 heteroatoms. The van der Waals surface area contributed by atoms with E-state index in [9.17, 15) is 18.0 Å². The molecule has 1 aromatic rings. The highest BCUT2D eigenvalue weighted by atomic mass is 32.2. The molecule has 0 saturated carbocycles. The predicted octanol–water partition coefficient (Wildman–Crippen LogP) is 0.455. The number of esters is 1. The van der Waals surface area contributed by atoms with Crippen LogP contribution in [0.25, 0.3) is 0 Å². The Labute approximate surface area is 123 Å². The van der Waals surface area contributed by atoms with Crippen LogP contribution in [-0.2, 0) is 19.4 Å². The molecule has 0 radical (unpaired) electrons. The largest absolute Gasteiger partial charge is 0.452 e. The van der Waals surface area contributed by atoms with Crippen LogP contribution < -0.4 is 5.32 Å². The maximum Gasteiger partial charge on any atom is 0.338 e. The number of amides is 1. The zero-order valence-corrected chi connectivity index (χ0v) is 12.5. The summed E-state index contributed by atoms with van der Waals surface area (Å²) in [7, 11) is -3.04. The van der Waals surface area contributed by atoms with Crippen molar-refractivity contribution in [3.05, 3.63) is 35.4 Å². The van der Waals surface area contributed by atoms with Crippen LogP contribution in [0.4, 0.5) is 0 Å². The second-order valence-electron chi connectivity index (χ2n) is 5.06. The van der Waals surface area contributed by atoms with Crippen LogP contribution in [-0.4, -0.2) is 44.4 Å². The molecule has 0 aromatic heterocycles. The second kappa shape index (κ2) is 6.26. The SMILES string of the molecule is Cc1ccccc1C(=O)OCC(=O)NC1CCS(=O)(=O)C1. The summed E-state index contributed by atoms with van der Waals surface area (Å²) in [6.07, 6.45) is 0.403. The summed E-state index contributed by atoms with van der Waals surface area (Å²) in [5.74, 6) is -1.02. The summed E-state index contributed by atoms with van der Waals surface area (Å²) in [6, 6.07) is 6.53. The minimum Gasteiger partial charge on any atom is -0.452 e. The molecule has 0 aliphatic carbocycles. The van der Waals surface area contributed by atoms with Gasteiger partial charge < -0.3 is 10.1 Å². The third kappa shape index (κ3) is 4.29. The van der Waals surface area contributed by atoms with Gasteiger partial charge in [-0.25, -0.2) is 13.2 Å². The molecular weight excluding hydrogens is 294 g/mol. The van der Waals surface area contributed by atoms with Gasteiger partial charge in [-0.1, -0.05) is 18.2 Å². The molecule has 1 aliphatic rings. The van der Waals surface area contributed by atoms with E-state index >= 15 is 0 Å². The molecule has 1 aromatic carbocycles. The van der Waals surface area contributed by atoms with Gasteiger partial charge in [-0.3, -0.25) is 4.79 Å². The van der Waals surface area contributed by atoms with Gasteiger partial charge in [-0.15, -0.1) is 0 Å². The third-order valence-corrected chi connectivity index (χ3v) is 5.06. The number of aryl methyl sites for hydroxylation is 1. The lowest BCUT2D eigenvalue weighted by Crippen LogP contribution is -2.38. The molecule has 1 atom stereocenters. The first-order valence-corrected chi connectivity index (χ1v) is 8.42. The Morgan fingerprint density at radius 3 is 2.67 bits per heavy atom. The van der Waals surface area contributed by atoms with Crippen molar-refractivity contribution >= 4 is 21.7 Å². The quantitative estimate of drug-likeness (QED) is 0.816. The monoisotopic (exact) mass is 311 g/mol. The first-order valence-electron chi connectivity index (χ1n) is 6.60. The standard InChI is InChI=1S/C14H17NO5S/c1-10-4-2-3-5-12(10)14(17)20-8-13(16)15-11-6-7-21(18,19)9-11/h2-5,11H,6-9H2,1H3,(H,15,16). The van der Waals surface area contributed by atoms with Gasteiger partial charge in [0.25, 0.3) is 5.91 Å². The molecule has 2 rings (SSSR count). The first-order chi connectivity index (χ1) is 9.87. The summed E-state index contributed by atoms with van der Waals surface area (Å²) < 4.78 is 27.5. The number of rotatable bonds is 4. The summed E-state index contributed by atoms with van der Waals surface area (Å²) in [4.78, 5) is 23.5. The number of nitrogens with one attached hydrogen (secondary N) is 1.